The lowest BCUT2D eigenvalue weighted by atomic mass is 10.5. The van der Waals surface area contributed by atoms with Crippen LogP contribution < -0.4 is 10.2 Å². The number of halogens is 1. The Hall–Kier alpha value is -1.18. The molecule has 0 unspecified atom stereocenters. The lowest BCUT2D eigenvalue weighted by Gasteiger charge is -2.21. The van der Waals surface area contributed by atoms with Gasteiger partial charge in [0.15, 0.2) is 0 Å². The summed E-state index contributed by atoms with van der Waals surface area (Å²) < 4.78 is 5.01. The largest absolute Gasteiger partial charge is 0.395 e. The summed E-state index contributed by atoms with van der Waals surface area (Å²) in [6.07, 6.45) is 0. The quantitative estimate of drug-likeness (QED) is 0.710. The first-order valence-electron chi connectivity index (χ1n) is 5.71. The van der Waals surface area contributed by atoms with Gasteiger partial charge >= 0.3 is 0 Å². The Morgan fingerprint density at radius 2 is 2.11 bits per heavy atom. The van der Waals surface area contributed by atoms with E-state index in [9.17, 15) is 0 Å². The molecule has 0 aromatic carbocycles. The van der Waals surface area contributed by atoms with Crippen molar-refractivity contribution < 1.29 is 9.84 Å². The molecule has 0 amide bonds. The van der Waals surface area contributed by atoms with Crippen molar-refractivity contribution in [3.8, 4) is 0 Å². The number of ether oxygens (including phenoxy) is 1. The van der Waals surface area contributed by atoms with E-state index in [4.69, 9.17) is 21.4 Å². The molecule has 102 valence electrons. The molecule has 0 radical (unpaired) electrons. The Balaban J connectivity index is 2.87. The zero-order valence-electron chi connectivity index (χ0n) is 10.6. The Morgan fingerprint density at radius 1 is 1.33 bits per heavy atom. The molecule has 1 rings (SSSR count). The summed E-state index contributed by atoms with van der Waals surface area (Å²) in [5, 5.41) is 12.1. The molecule has 1 aromatic rings. The molecule has 18 heavy (non-hydrogen) atoms. The zero-order chi connectivity index (χ0) is 13.4. The van der Waals surface area contributed by atoms with Crippen molar-refractivity contribution in [1.82, 2.24) is 15.0 Å². The van der Waals surface area contributed by atoms with Crippen molar-refractivity contribution in [3.05, 3.63) is 5.28 Å². The number of hydrogen-bond donors (Lipinski definition) is 2. The minimum atomic E-state index is 0.00353. The number of hydrogen-bond acceptors (Lipinski definition) is 7. The molecule has 1 aromatic heterocycles. The molecule has 0 fully saturated rings. The average Bonchev–Trinajstić information content (AvgIpc) is 2.34. The van der Waals surface area contributed by atoms with Gasteiger partial charge in [-0.25, -0.2) is 0 Å². The highest BCUT2D eigenvalue weighted by Gasteiger charge is 2.12. The van der Waals surface area contributed by atoms with Gasteiger partial charge in [-0.15, -0.1) is 0 Å². The van der Waals surface area contributed by atoms with Gasteiger partial charge in [-0.2, -0.15) is 15.0 Å². The molecule has 2 N–H and O–H groups in total. The van der Waals surface area contributed by atoms with Crippen LogP contribution >= 0.6 is 11.6 Å². The molecule has 0 saturated heterocycles. The summed E-state index contributed by atoms with van der Waals surface area (Å²) in [5.41, 5.74) is 0. The van der Waals surface area contributed by atoms with Gasteiger partial charge in [-0.3, -0.25) is 0 Å². The smallest absolute Gasteiger partial charge is 0.231 e. The number of nitrogens with one attached hydrogen (secondary N) is 1. The molecule has 0 aliphatic carbocycles. The monoisotopic (exact) mass is 275 g/mol. The predicted molar refractivity (Wildman–Crippen MR) is 70.2 cm³/mol. The topological polar surface area (TPSA) is 83.4 Å². The van der Waals surface area contributed by atoms with Crippen LogP contribution in [0.2, 0.25) is 5.28 Å². The predicted octanol–water partition coefficient (Wildman–Crippen LogP) is 0.402. The number of anilines is 2. The Labute approximate surface area is 111 Å². The zero-order valence-corrected chi connectivity index (χ0v) is 11.3. The summed E-state index contributed by atoms with van der Waals surface area (Å²) >= 11 is 5.84. The highest BCUT2D eigenvalue weighted by molar-refractivity contribution is 6.28. The normalized spacial score (nSPS) is 10.4. The van der Waals surface area contributed by atoms with E-state index in [0.717, 1.165) is 0 Å². The molecule has 0 aliphatic rings. The number of methoxy groups -OCH3 is 1. The lowest BCUT2D eigenvalue weighted by Crippen LogP contribution is -2.32. The van der Waals surface area contributed by atoms with Crippen molar-refractivity contribution in [1.29, 1.82) is 0 Å². The van der Waals surface area contributed by atoms with E-state index in [1.54, 1.807) is 12.0 Å². The number of rotatable bonds is 8. The minimum Gasteiger partial charge on any atom is -0.395 e. The van der Waals surface area contributed by atoms with Crippen LogP contribution in [-0.4, -0.2) is 60.0 Å². The Bertz CT molecular complexity index is 366. The highest BCUT2D eigenvalue weighted by atomic mass is 35.5. The Morgan fingerprint density at radius 3 is 2.72 bits per heavy atom. The minimum absolute atomic E-state index is 0.00353. The maximum Gasteiger partial charge on any atom is 0.231 e. The first kappa shape index (κ1) is 14.9. The second-order valence-electron chi connectivity index (χ2n) is 3.46. The van der Waals surface area contributed by atoms with E-state index < -0.39 is 0 Å². The van der Waals surface area contributed by atoms with Gasteiger partial charge < -0.3 is 20.1 Å². The molecule has 7 nitrogen and oxygen atoms in total. The molecule has 0 atom stereocenters. The maximum absolute atomic E-state index is 9.04. The van der Waals surface area contributed by atoms with Gasteiger partial charge in [-0.1, -0.05) is 0 Å². The van der Waals surface area contributed by atoms with Gasteiger partial charge in [0.05, 0.1) is 13.2 Å². The van der Waals surface area contributed by atoms with Crippen LogP contribution in [0.3, 0.4) is 0 Å². The van der Waals surface area contributed by atoms with E-state index in [1.807, 2.05) is 6.92 Å². The van der Waals surface area contributed by atoms with E-state index in [0.29, 0.717) is 38.1 Å². The number of aliphatic hydroxyl groups excluding tert-OH is 1. The molecule has 0 spiro atoms. The molecule has 1 heterocycles. The summed E-state index contributed by atoms with van der Waals surface area (Å²) in [6, 6.07) is 0. The van der Waals surface area contributed by atoms with Crippen molar-refractivity contribution in [3.63, 3.8) is 0 Å². The number of aliphatic hydroxyl groups is 1. The van der Waals surface area contributed by atoms with Crippen LogP contribution in [0.15, 0.2) is 0 Å². The summed E-state index contributed by atoms with van der Waals surface area (Å²) in [5.74, 6) is 0.852. The van der Waals surface area contributed by atoms with E-state index in [1.165, 1.54) is 0 Å². The van der Waals surface area contributed by atoms with Crippen molar-refractivity contribution >= 4 is 23.5 Å². The van der Waals surface area contributed by atoms with E-state index >= 15 is 0 Å². The first-order valence-corrected chi connectivity index (χ1v) is 6.09. The van der Waals surface area contributed by atoms with E-state index in [-0.39, 0.29) is 11.9 Å². The standard InChI is InChI=1S/C10H18ClN5O2/c1-3-12-9-13-8(11)14-10(15-9)16(4-6-17)5-7-18-2/h17H,3-7H2,1-2H3,(H,12,13,14,15). The summed E-state index contributed by atoms with van der Waals surface area (Å²) in [7, 11) is 1.61. The fourth-order valence-corrected chi connectivity index (χ4v) is 1.51. The first-order chi connectivity index (χ1) is 8.71. The highest BCUT2D eigenvalue weighted by Crippen LogP contribution is 2.13. The molecular weight excluding hydrogens is 258 g/mol. The molecular formula is C10H18ClN5O2. The summed E-state index contributed by atoms with van der Waals surface area (Å²) in [4.78, 5) is 14.0. The van der Waals surface area contributed by atoms with Gasteiger partial charge in [0.2, 0.25) is 17.2 Å². The van der Waals surface area contributed by atoms with Crippen molar-refractivity contribution in [2.75, 3.05) is 50.2 Å². The van der Waals surface area contributed by atoms with Crippen molar-refractivity contribution in [2.45, 2.75) is 6.92 Å². The van der Waals surface area contributed by atoms with Gasteiger partial charge in [-0.05, 0) is 18.5 Å². The number of nitrogens with zero attached hydrogens (tertiary/aromatic N) is 4. The van der Waals surface area contributed by atoms with Gasteiger partial charge in [0.1, 0.15) is 0 Å². The fraction of sp³-hybridized carbons (Fsp3) is 0.700. The van der Waals surface area contributed by atoms with Crippen LogP contribution in [0.4, 0.5) is 11.9 Å². The molecule has 0 saturated carbocycles. The summed E-state index contributed by atoms with van der Waals surface area (Å²) in [6.45, 7) is 4.13. The van der Waals surface area contributed by atoms with Crippen LogP contribution in [-0.2, 0) is 4.74 Å². The van der Waals surface area contributed by atoms with Crippen LogP contribution in [0.5, 0.6) is 0 Å². The van der Waals surface area contributed by atoms with E-state index in [2.05, 4.69) is 20.3 Å². The Kier molecular flexibility index (Phi) is 6.63. The van der Waals surface area contributed by atoms with Crippen LogP contribution in [0, 0.1) is 0 Å². The second kappa shape index (κ2) is 8.02. The van der Waals surface area contributed by atoms with Gasteiger partial charge in [0.25, 0.3) is 0 Å². The molecule has 8 heteroatoms. The maximum atomic E-state index is 9.04. The molecule has 0 bridgehead atoms. The number of aromatic nitrogens is 3. The molecule has 0 aliphatic heterocycles. The fourth-order valence-electron chi connectivity index (χ4n) is 1.35. The average molecular weight is 276 g/mol. The lowest BCUT2D eigenvalue weighted by molar-refractivity contribution is 0.202. The van der Waals surface area contributed by atoms with Crippen LogP contribution in [0.25, 0.3) is 0 Å². The van der Waals surface area contributed by atoms with Crippen LogP contribution in [0.1, 0.15) is 6.92 Å². The third-order valence-corrected chi connectivity index (χ3v) is 2.32. The van der Waals surface area contributed by atoms with Gasteiger partial charge in [0, 0.05) is 26.7 Å². The third-order valence-electron chi connectivity index (χ3n) is 2.15. The van der Waals surface area contributed by atoms with Crippen molar-refractivity contribution in [2.24, 2.45) is 0 Å². The SMILES string of the molecule is CCNc1nc(Cl)nc(N(CCO)CCOC)n1. The third kappa shape index (κ3) is 4.59. The second-order valence-corrected chi connectivity index (χ2v) is 3.80.